The predicted molar refractivity (Wildman–Crippen MR) is 111 cm³/mol. The van der Waals surface area contributed by atoms with Crippen LogP contribution in [0.3, 0.4) is 0 Å². The van der Waals surface area contributed by atoms with E-state index in [2.05, 4.69) is 0 Å². The Morgan fingerprint density at radius 1 is 0.857 bits per heavy atom. The monoisotopic (exact) mass is 380 g/mol. The van der Waals surface area contributed by atoms with Crippen molar-refractivity contribution in [2.45, 2.75) is 40.5 Å². The van der Waals surface area contributed by atoms with Crippen molar-refractivity contribution in [3.63, 3.8) is 0 Å². The number of fused-ring (bicyclic) bond motifs is 2. The van der Waals surface area contributed by atoms with Gasteiger partial charge in [-0.15, -0.1) is 0 Å². The molecule has 3 rings (SSSR count). The highest BCUT2D eigenvalue weighted by Gasteiger charge is 2.21. The maximum absolute atomic E-state index is 13.3. The number of phenols is 3. The molecule has 1 heterocycles. The Labute approximate surface area is 162 Å². The lowest BCUT2D eigenvalue weighted by Crippen LogP contribution is -2.07. The normalized spacial score (nSPS) is 11.0. The topological polar surface area (TPSA) is 90.9 Å². The van der Waals surface area contributed by atoms with Crippen LogP contribution in [0.5, 0.6) is 17.2 Å². The zero-order valence-corrected chi connectivity index (χ0v) is 16.5. The first kappa shape index (κ1) is 19.5. The molecular formula is C23H24O5. The molecule has 0 aliphatic heterocycles. The van der Waals surface area contributed by atoms with Gasteiger partial charge in [0.25, 0.3) is 0 Å². The van der Waals surface area contributed by atoms with Gasteiger partial charge in [-0.05, 0) is 52.2 Å². The zero-order chi connectivity index (χ0) is 20.6. The molecule has 0 bridgehead atoms. The van der Waals surface area contributed by atoms with Gasteiger partial charge in [0.05, 0.1) is 5.39 Å². The fraction of sp³-hybridized carbons (Fsp3) is 0.261. The van der Waals surface area contributed by atoms with E-state index in [-0.39, 0.29) is 39.2 Å². The van der Waals surface area contributed by atoms with E-state index in [4.69, 9.17) is 4.42 Å². The van der Waals surface area contributed by atoms with Crippen molar-refractivity contribution in [1.82, 2.24) is 0 Å². The van der Waals surface area contributed by atoms with Gasteiger partial charge in [0, 0.05) is 11.6 Å². The van der Waals surface area contributed by atoms with Gasteiger partial charge in [-0.2, -0.15) is 0 Å². The summed E-state index contributed by atoms with van der Waals surface area (Å²) in [7, 11) is 0. The van der Waals surface area contributed by atoms with Gasteiger partial charge in [0.1, 0.15) is 22.5 Å². The summed E-state index contributed by atoms with van der Waals surface area (Å²) in [6.45, 7) is 7.77. The summed E-state index contributed by atoms with van der Waals surface area (Å²) in [5.41, 5.74) is 2.94. The van der Waals surface area contributed by atoms with Gasteiger partial charge >= 0.3 is 0 Å². The molecule has 28 heavy (non-hydrogen) atoms. The first-order chi connectivity index (χ1) is 13.2. The molecule has 0 saturated heterocycles. The van der Waals surface area contributed by atoms with Crippen molar-refractivity contribution >= 4 is 21.9 Å². The molecule has 0 aliphatic carbocycles. The molecule has 2 aromatic carbocycles. The molecule has 5 heteroatoms. The Kier molecular flexibility index (Phi) is 5.18. The lowest BCUT2D eigenvalue weighted by molar-refractivity contribution is 0.446. The lowest BCUT2D eigenvalue weighted by atomic mass is 9.99. The second kappa shape index (κ2) is 7.43. The fourth-order valence-electron chi connectivity index (χ4n) is 3.18. The van der Waals surface area contributed by atoms with E-state index in [1.54, 1.807) is 6.07 Å². The molecule has 146 valence electrons. The van der Waals surface area contributed by atoms with Gasteiger partial charge in [-0.1, -0.05) is 29.4 Å². The van der Waals surface area contributed by atoms with Crippen LogP contribution in [0.1, 0.15) is 38.8 Å². The Morgan fingerprint density at radius 2 is 1.50 bits per heavy atom. The van der Waals surface area contributed by atoms with E-state index < -0.39 is 5.43 Å². The quantitative estimate of drug-likeness (QED) is 0.434. The molecule has 0 unspecified atom stereocenters. The lowest BCUT2D eigenvalue weighted by Gasteiger charge is -2.12. The Bertz CT molecular complexity index is 1190. The average Bonchev–Trinajstić information content (AvgIpc) is 2.60. The minimum atomic E-state index is -0.430. The van der Waals surface area contributed by atoms with Gasteiger partial charge in [0.15, 0.2) is 11.3 Å². The summed E-state index contributed by atoms with van der Waals surface area (Å²) in [4.78, 5) is 13.3. The van der Waals surface area contributed by atoms with E-state index >= 15 is 0 Å². The van der Waals surface area contributed by atoms with Crippen molar-refractivity contribution in [3.05, 3.63) is 62.8 Å². The third-order valence-corrected chi connectivity index (χ3v) is 4.67. The van der Waals surface area contributed by atoms with Crippen molar-refractivity contribution in [2.24, 2.45) is 0 Å². The third-order valence-electron chi connectivity index (χ3n) is 4.67. The summed E-state index contributed by atoms with van der Waals surface area (Å²) in [6, 6.07) is 4.34. The van der Waals surface area contributed by atoms with Gasteiger partial charge in [-0.25, -0.2) is 0 Å². The van der Waals surface area contributed by atoms with Crippen LogP contribution in [0.4, 0.5) is 0 Å². The first-order valence-corrected chi connectivity index (χ1v) is 9.12. The number of hydrogen-bond donors (Lipinski definition) is 3. The maximum atomic E-state index is 13.3. The minimum absolute atomic E-state index is 0.00602. The number of aromatic hydroxyl groups is 3. The minimum Gasteiger partial charge on any atom is -0.507 e. The van der Waals surface area contributed by atoms with Gasteiger partial charge in [-0.3, -0.25) is 4.79 Å². The molecule has 3 aromatic rings. The molecule has 0 aliphatic rings. The van der Waals surface area contributed by atoms with Crippen molar-refractivity contribution in [1.29, 1.82) is 0 Å². The van der Waals surface area contributed by atoms with E-state index in [9.17, 15) is 20.1 Å². The Hall–Kier alpha value is -3.21. The number of allylic oxidation sites excluding steroid dienone is 4. The third kappa shape index (κ3) is 3.48. The molecule has 1 aromatic heterocycles. The number of phenolic OH excluding ortho intramolecular Hbond substituents is 3. The molecule has 0 fully saturated rings. The summed E-state index contributed by atoms with van der Waals surface area (Å²) < 4.78 is 5.91. The Balaban J connectivity index is 2.44. The molecule has 0 saturated carbocycles. The van der Waals surface area contributed by atoms with Crippen LogP contribution < -0.4 is 5.43 Å². The molecule has 5 nitrogen and oxygen atoms in total. The fourth-order valence-corrected chi connectivity index (χ4v) is 3.18. The SMILES string of the molecule is CC(C)=CCc1c(O)cc(O)c2c(=O)c3c(CC=C(C)C)ccc(O)c3oc12. The summed E-state index contributed by atoms with van der Waals surface area (Å²) >= 11 is 0. The van der Waals surface area contributed by atoms with Crippen LogP contribution in [-0.4, -0.2) is 15.3 Å². The molecule has 0 atom stereocenters. The number of rotatable bonds is 4. The average molecular weight is 380 g/mol. The van der Waals surface area contributed by atoms with E-state index in [0.717, 1.165) is 17.2 Å². The number of hydrogen-bond acceptors (Lipinski definition) is 5. The highest BCUT2D eigenvalue weighted by Crippen LogP contribution is 2.37. The van der Waals surface area contributed by atoms with Crippen LogP contribution in [0, 0.1) is 0 Å². The van der Waals surface area contributed by atoms with Crippen LogP contribution in [-0.2, 0) is 12.8 Å². The molecule has 0 spiro atoms. The second-order valence-corrected chi connectivity index (χ2v) is 7.45. The molecule has 0 radical (unpaired) electrons. The van der Waals surface area contributed by atoms with Crippen LogP contribution in [0.25, 0.3) is 21.9 Å². The molecule has 0 amide bonds. The standard InChI is InChI=1S/C23H24O5/c1-12(2)5-7-14-8-10-16(24)23-19(14)21(27)20-18(26)11-17(25)15(22(20)28-23)9-6-13(3)4/h5-6,8,10-11,24-26H,7,9H2,1-4H3. The van der Waals surface area contributed by atoms with E-state index in [1.807, 2.05) is 39.8 Å². The largest absolute Gasteiger partial charge is 0.507 e. The molecule has 3 N–H and O–H groups in total. The van der Waals surface area contributed by atoms with Crippen molar-refractivity contribution in [2.75, 3.05) is 0 Å². The highest BCUT2D eigenvalue weighted by molar-refractivity contribution is 5.98. The van der Waals surface area contributed by atoms with Crippen molar-refractivity contribution in [3.8, 4) is 17.2 Å². The van der Waals surface area contributed by atoms with Crippen LogP contribution in [0.15, 0.2) is 50.7 Å². The maximum Gasteiger partial charge on any atom is 0.204 e. The van der Waals surface area contributed by atoms with Crippen LogP contribution >= 0.6 is 0 Å². The first-order valence-electron chi connectivity index (χ1n) is 9.12. The summed E-state index contributed by atoms with van der Waals surface area (Å²) in [5, 5.41) is 31.2. The molecular weight excluding hydrogens is 356 g/mol. The van der Waals surface area contributed by atoms with E-state index in [0.29, 0.717) is 24.0 Å². The van der Waals surface area contributed by atoms with Gasteiger partial charge < -0.3 is 19.7 Å². The van der Waals surface area contributed by atoms with E-state index in [1.165, 1.54) is 6.07 Å². The predicted octanol–water partition coefficient (Wildman–Crippen LogP) is 5.08. The van der Waals surface area contributed by atoms with Gasteiger partial charge in [0.2, 0.25) is 5.43 Å². The second-order valence-electron chi connectivity index (χ2n) is 7.45. The van der Waals surface area contributed by atoms with Crippen molar-refractivity contribution < 1.29 is 19.7 Å². The highest BCUT2D eigenvalue weighted by atomic mass is 16.4. The smallest absolute Gasteiger partial charge is 0.204 e. The van der Waals surface area contributed by atoms with Crippen LogP contribution in [0.2, 0.25) is 0 Å². The number of benzene rings is 2. The Morgan fingerprint density at radius 3 is 2.14 bits per heavy atom. The summed E-state index contributed by atoms with van der Waals surface area (Å²) in [5.74, 6) is -0.670. The summed E-state index contributed by atoms with van der Waals surface area (Å²) in [6.07, 6.45) is 4.70. The zero-order valence-electron chi connectivity index (χ0n) is 16.5.